The van der Waals surface area contributed by atoms with E-state index in [1.54, 1.807) is 0 Å². The lowest BCUT2D eigenvalue weighted by atomic mass is 9.63. The minimum absolute atomic E-state index is 0.365. The smallest absolute Gasteiger partial charge is 0.101 e. The molecule has 4 nitrogen and oxygen atoms in total. The first-order valence-electron chi connectivity index (χ1n) is 21.5. The number of fused-ring (bicyclic) bond motifs is 8. The molecule has 2 heterocycles. The first-order chi connectivity index (χ1) is 30.7. The number of nitrogens with zero attached hydrogens (tertiary/aromatic N) is 1. The van der Waals surface area contributed by atoms with Crippen molar-refractivity contribution in [3.05, 3.63) is 269 Å². The number of dihydropyridines is 1. The van der Waals surface area contributed by atoms with Crippen LogP contribution < -0.4 is 21.3 Å². The van der Waals surface area contributed by atoms with E-state index in [2.05, 4.69) is 222 Å². The average Bonchev–Trinajstić information content (AvgIpc) is 3.64. The molecule has 2 aliphatic heterocycles. The Morgan fingerprint density at radius 3 is 1.85 bits per heavy atom. The maximum Gasteiger partial charge on any atom is 0.101 e. The number of nitrogens with two attached hydrogens (primary N) is 1. The monoisotopic (exact) mass is 798 g/mol. The second-order valence-corrected chi connectivity index (χ2v) is 16.3. The van der Waals surface area contributed by atoms with Gasteiger partial charge in [-0.05, 0) is 98.0 Å². The van der Waals surface area contributed by atoms with Crippen LogP contribution in [-0.4, -0.2) is 6.54 Å². The Kier molecular flexibility index (Phi) is 9.48. The number of nitrogens with one attached hydrogen (secondary N) is 2. The number of para-hydroxylation sites is 3. The molecule has 0 radical (unpaired) electrons. The third-order valence-corrected chi connectivity index (χ3v) is 12.8. The Labute approximate surface area is 364 Å². The highest BCUT2D eigenvalue weighted by Gasteiger charge is 2.52. The second kappa shape index (κ2) is 15.7. The van der Waals surface area contributed by atoms with Crippen molar-refractivity contribution in [2.45, 2.75) is 18.0 Å². The summed E-state index contributed by atoms with van der Waals surface area (Å²) < 4.78 is 0. The average molecular weight is 799 g/mol. The zero-order valence-corrected chi connectivity index (χ0v) is 34.4. The van der Waals surface area contributed by atoms with Gasteiger partial charge in [0.25, 0.3) is 0 Å². The normalized spacial score (nSPS) is 15.0. The first kappa shape index (κ1) is 37.3. The zero-order valence-electron chi connectivity index (χ0n) is 34.4. The Morgan fingerprint density at radius 1 is 0.597 bits per heavy atom. The van der Waals surface area contributed by atoms with Gasteiger partial charge in [-0.1, -0.05) is 194 Å². The lowest BCUT2D eigenvalue weighted by molar-refractivity contribution is 0.666. The van der Waals surface area contributed by atoms with Crippen LogP contribution in [0.15, 0.2) is 230 Å². The highest BCUT2D eigenvalue weighted by molar-refractivity contribution is 5.97. The minimum Gasteiger partial charge on any atom is -0.381 e. The Hall–Kier alpha value is -7.66. The van der Waals surface area contributed by atoms with Gasteiger partial charge in [0, 0.05) is 29.2 Å². The molecular weight excluding hydrogens is 753 g/mol. The molecule has 8 aromatic carbocycles. The number of allylic oxidation sites excluding steroid dienone is 3. The molecule has 0 bridgehead atoms. The number of hydrogen-bond donors (Lipinski definition) is 3. The maximum atomic E-state index is 6.82. The van der Waals surface area contributed by atoms with Crippen LogP contribution in [0.1, 0.15) is 45.1 Å². The molecule has 1 atom stereocenters. The molecule has 3 aliphatic rings. The summed E-state index contributed by atoms with van der Waals surface area (Å²) in [5, 5.41) is 7.48. The number of benzene rings is 8. The zero-order chi connectivity index (χ0) is 41.5. The van der Waals surface area contributed by atoms with Gasteiger partial charge in [0.05, 0.1) is 16.8 Å². The van der Waals surface area contributed by atoms with Crippen molar-refractivity contribution < 1.29 is 0 Å². The third-order valence-electron chi connectivity index (χ3n) is 12.8. The predicted octanol–water partition coefficient (Wildman–Crippen LogP) is 12.9. The van der Waals surface area contributed by atoms with Gasteiger partial charge in [0.15, 0.2) is 0 Å². The SMILES string of the molecule is NC(N/C(=C\Cc1ccc(-c2ccccc2)cc1)c1ccc(-c2ccc3c(c2)C2(C4=C3NCC=C4)c3ccccc3N(c3ccccc3)c3ccccc32)cc1)c1ccccc1. The van der Waals surface area contributed by atoms with Crippen molar-refractivity contribution in [1.82, 2.24) is 10.6 Å². The van der Waals surface area contributed by atoms with E-state index in [4.69, 9.17) is 5.73 Å². The molecule has 0 amide bonds. The molecule has 1 spiro atoms. The fourth-order valence-corrected chi connectivity index (χ4v) is 9.85. The van der Waals surface area contributed by atoms with Gasteiger partial charge < -0.3 is 21.3 Å². The van der Waals surface area contributed by atoms with Gasteiger partial charge in [-0.2, -0.15) is 0 Å². The van der Waals surface area contributed by atoms with E-state index in [9.17, 15) is 0 Å². The number of rotatable bonds is 9. The Balaban J connectivity index is 0.982. The maximum absolute atomic E-state index is 6.82. The van der Waals surface area contributed by atoms with Crippen molar-refractivity contribution in [3.63, 3.8) is 0 Å². The fourth-order valence-electron chi connectivity index (χ4n) is 9.85. The van der Waals surface area contributed by atoms with Crippen LogP contribution in [0, 0.1) is 0 Å². The number of hydrogen-bond acceptors (Lipinski definition) is 4. The van der Waals surface area contributed by atoms with Gasteiger partial charge in [-0.25, -0.2) is 0 Å². The van der Waals surface area contributed by atoms with Crippen molar-refractivity contribution in [1.29, 1.82) is 0 Å². The van der Waals surface area contributed by atoms with Crippen molar-refractivity contribution in [3.8, 4) is 22.3 Å². The summed E-state index contributed by atoms with van der Waals surface area (Å²) >= 11 is 0. The summed E-state index contributed by atoms with van der Waals surface area (Å²) in [5.41, 5.74) is 26.6. The fraction of sp³-hybridized carbons (Fsp3) is 0.0690. The molecule has 1 unspecified atom stereocenters. The summed E-state index contributed by atoms with van der Waals surface area (Å²) in [4.78, 5) is 2.43. The van der Waals surface area contributed by atoms with E-state index in [-0.39, 0.29) is 6.17 Å². The Morgan fingerprint density at radius 2 is 1.16 bits per heavy atom. The van der Waals surface area contributed by atoms with Gasteiger partial charge >= 0.3 is 0 Å². The van der Waals surface area contributed by atoms with Crippen molar-refractivity contribution in [2.75, 3.05) is 11.4 Å². The summed E-state index contributed by atoms with van der Waals surface area (Å²) in [5.74, 6) is 0. The summed E-state index contributed by atoms with van der Waals surface area (Å²) in [7, 11) is 0. The second-order valence-electron chi connectivity index (χ2n) is 16.3. The topological polar surface area (TPSA) is 53.3 Å². The summed E-state index contributed by atoms with van der Waals surface area (Å²) in [6, 6.07) is 74.3. The van der Waals surface area contributed by atoms with E-state index in [0.29, 0.717) is 0 Å². The summed E-state index contributed by atoms with van der Waals surface area (Å²) in [6.45, 7) is 0.799. The molecule has 1 aliphatic carbocycles. The quantitative estimate of drug-likeness (QED) is 0.127. The standard InChI is InChI=1S/C58H46N4/c59-57(45-17-6-2-7-18-45)61-53(37-28-40-26-29-42(30-27-40)41-15-4-1-5-16-41)44-33-31-43(32-34-44)46-35-36-48-52(39-46)58(51-23-14-38-60-56(48)51)49-21-10-12-24-54(49)62(47-19-8-3-9-20-47)55-25-13-11-22-50(55)58/h1-27,29-37,39,57,60-61H,28,38,59H2/b53-37-. The predicted molar refractivity (Wildman–Crippen MR) is 257 cm³/mol. The molecule has 0 aromatic heterocycles. The molecule has 0 fully saturated rings. The van der Waals surface area contributed by atoms with E-state index >= 15 is 0 Å². The van der Waals surface area contributed by atoms with Crippen molar-refractivity contribution >= 4 is 28.5 Å². The van der Waals surface area contributed by atoms with Crippen LogP contribution in [0.4, 0.5) is 17.1 Å². The van der Waals surface area contributed by atoms with E-state index in [1.807, 2.05) is 18.2 Å². The van der Waals surface area contributed by atoms with Gasteiger partial charge in [0.2, 0.25) is 0 Å². The molecule has 4 N–H and O–H groups in total. The van der Waals surface area contributed by atoms with E-state index in [1.165, 1.54) is 67.2 Å². The van der Waals surface area contributed by atoms with Gasteiger partial charge in [0.1, 0.15) is 6.17 Å². The molecular formula is C58H46N4. The molecule has 4 heteroatoms. The lowest BCUT2D eigenvalue weighted by Crippen LogP contribution is -2.37. The van der Waals surface area contributed by atoms with E-state index in [0.717, 1.165) is 41.0 Å². The van der Waals surface area contributed by atoms with Crippen LogP contribution in [0.3, 0.4) is 0 Å². The largest absolute Gasteiger partial charge is 0.381 e. The molecule has 8 aromatic rings. The van der Waals surface area contributed by atoms with Gasteiger partial charge in [-0.15, -0.1) is 0 Å². The minimum atomic E-state index is -0.518. The van der Waals surface area contributed by atoms with Crippen LogP contribution >= 0.6 is 0 Å². The highest BCUT2D eigenvalue weighted by Crippen LogP contribution is 2.63. The molecule has 298 valence electrons. The lowest BCUT2D eigenvalue weighted by Gasteiger charge is -2.45. The molecule has 0 saturated heterocycles. The third kappa shape index (κ3) is 6.35. The van der Waals surface area contributed by atoms with Crippen LogP contribution in [0.25, 0.3) is 33.6 Å². The van der Waals surface area contributed by atoms with Crippen LogP contribution in [-0.2, 0) is 11.8 Å². The van der Waals surface area contributed by atoms with Crippen LogP contribution in [0.2, 0.25) is 0 Å². The molecule has 62 heavy (non-hydrogen) atoms. The number of anilines is 3. The molecule has 0 saturated carbocycles. The molecule has 11 rings (SSSR count). The highest BCUT2D eigenvalue weighted by atomic mass is 15.2. The summed E-state index contributed by atoms with van der Waals surface area (Å²) in [6.07, 6.45) is 7.30. The van der Waals surface area contributed by atoms with Gasteiger partial charge in [-0.3, -0.25) is 0 Å². The van der Waals surface area contributed by atoms with Crippen molar-refractivity contribution in [2.24, 2.45) is 5.73 Å². The van der Waals surface area contributed by atoms with Crippen LogP contribution in [0.5, 0.6) is 0 Å². The Bertz CT molecular complexity index is 2950. The van der Waals surface area contributed by atoms with E-state index < -0.39 is 5.41 Å². The first-order valence-corrected chi connectivity index (χ1v) is 21.5.